The highest BCUT2D eigenvalue weighted by molar-refractivity contribution is 5.70. The molecule has 2 aliphatic heterocycles. The third kappa shape index (κ3) is 4.17. The van der Waals surface area contributed by atoms with Gasteiger partial charge in [0.15, 0.2) is 5.79 Å². The van der Waals surface area contributed by atoms with Crippen molar-refractivity contribution in [2.45, 2.75) is 51.4 Å². The van der Waals surface area contributed by atoms with Crippen LogP contribution >= 0.6 is 0 Å². The Kier molecular flexibility index (Phi) is 5.04. The van der Waals surface area contributed by atoms with Crippen LogP contribution in [-0.4, -0.2) is 62.2 Å². The molecular formula is C15H28NO4+. The van der Waals surface area contributed by atoms with Crippen LogP contribution in [0.4, 0.5) is 0 Å². The number of ether oxygens (including phenoxy) is 3. The van der Waals surface area contributed by atoms with Gasteiger partial charge in [-0.3, -0.25) is 4.79 Å². The van der Waals surface area contributed by atoms with Gasteiger partial charge in [-0.15, -0.1) is 0 Å². The van der Waals surface area contributed by atoms with Crippen LogP contribution in [-0.2, 0) is 19.0 Å². The number of esters is 1. The summed E-state index contributed by atoms with van der Waals surface area (Å²) in [4.78, 5) is 11.6. The van der Waals surface area contributed by atoms with E-state index in [0.29, 0.717) is 13.2 Å². The zero-order valence-corrected chi connectivity index (χ0v) is 13.0. The number of quaternary nitrogens is 1. The number of hydrogen-bond acceptors (Lipinski definition) is 4. The first-order valence-corrected chi connectivity index (χ1v) is 7.76. The van der Waals surface area contributed by atoms with E-state index in [0.717, 1.165) is 11.0 Å². The molecular weight excluding hydrogens is 258 g/mol. The molecule has 0 bridgehead atoms. The summed E-state index contributed by atoms with van der Waals surface area (Å²) in [5.74, 6) is -1.07. The molecule has 2 rings (SSSR count). The normalized spacial score (nSPS) is 33.0. The largest absolute Gasteiger partial charge is 0.466 e. The van der Waals surface area contributed by atoms with Gasteiger partial charge in [0.1, 0.15) is 12.6 Å². The molecule has 0 N–H and O–H groups in total. The second kappa shape index (κ2) is 6.41. The number of hydrogen-bond donors (Lipinski definition) is 0. The summed E-state index contributed by atoms with van der Waals surface area (Å²) in [5.41, 5.74) is 0. The fraction of sp³-hybridized carbons (Fsp3) is 0.933. The molecule has 116 valence electrons. The van der Waals surface area contributed by atoms with Crippen LogP contribution in [0.5, 0.6) is 0 Å². The summed E-state index contributed by atoms with van der Waals surface area (Å²) < 4.78 is 17.7. The molecule has 0 aromatic heterocycles. The SMILES string of the molecule is CCOC(=O)C[C@@]1(C)OC[C@H](C[N+]2(C)CCCCC2)O1. The lowest BCUT2D eigenvalue weighted by Crippen LogP contribution is -2.52. The smallest absolute Gasteiger partial charge is 0.311 e. The van der Waals surface area contributed by atoms with E-state index >= 15 is 0 Å². The molecule has 2 heterocycles. The van der Waals surface area contributed by atoms with Crippen molar-refractivity contribution in [3.05, 3.63) is 0 Å². The van der Waals surface area contributed by atoms with Crippen molar-refractivity contribution in [2.75, 3.05) is 39.9 Å². The van der Waals surface area contributed by atoms with Gasteiger partial charge in [-0.25, -0.2) is 0 Å². The first-order valence-electron chi connectivity index (χ1n) is 7.76. The van der Waals surface area contributed by atoms with E-state index in [1.807, 2.05) is 6.92 Å². The molecule has 0 aromatic rings. The Labute approximate surface area is 121 Å². The molecule has 2 atom stereocenters. The average Bonchev–Trinajstić information content (AvgIpc) is 2.70. The lowest BCUT2D eigenvalue weighted by atomic mass is 10.1. The first kappa shape index (κ1) is 15.7. The number of rotatable bonds is 5. The molecule has 2 fully saturated rings. The van der Waals surface area contributed by atoms with E-state index in [1.165, 1.54) is 32.4 Å². The Morgan fingerprint density at radius 1 is 1.35 bits per heavy atom. The Bertz CT molecular complexity index is 341. The third-order valence-electron chi connectivity index (χ3n) is 4.30. The van der Waals surface area contributed by atoms with Gasteiger partial charge in [-0.05, 0) is 33.1 Å². The molecule has 5 heteroatoms. The monoisotopic (exact) mass is 286 g/mol. The maximum atomic E-state index is 11.6. The van der Waals surface area contributed by atoms with Crippen LogP contribution < -0.4 is 0 Å². The van der Waals surface area contributed by atoms with Crippen molar-refractivity contribution >= 4 is 5.97 Å². The van der Waals surface area contributed by atoms with Crippen molar-refractivity contribution in [1.29, 1.82) is 0 Å². The number of piperidine rings is 1. The molecule has 20 heavy (non-hydrogen) atoms. The van der Waals surface area contributed by atoms with E-state index in [1.54, 1.807) is 6.92 Å². The van der Waals surface area contributed by atoms with E-state index in [-0.39, 0.29) is 18.5 Å². The predicted molar refractivity (Wildman–Crippen MR) is 75.1 cm³/mol. The fourth-order valence-electron chi connectivity index (χ4n) is 3.30. The molecule has 0 unspecified atom stereocenters. The minimum absolute atomic E-state index is 0.0810. The van der Waals surface area contributed by atoms with Crippen LogP contribution in [0.3, 0.4) is 0 Å². The lowest BCUT2D eigenvalue weighted by Gasteiger charge is -2.39. The number of likely N-dealkylation sites (N-methyl/N-ethyl adjacent to an activating group) is 1. The topological polar surface area (TPSA) is 44.8 Å². The number of nitrogens with zero attached hydrogens (tertiary/aromatic N) is 1. The third-order valence-corrected chi connectivity index (χ3v) is 4.30. The molecule has 5 nitrogen and oxygen atoms in total. The van der Waals surface area contributed by atoms with Gasteiger partial charge in [-0.2, -0.15) is 0 Å². The second-order valence-corrected chi connectivity index (χ2v) is 6.48. The molecule has 0 aromatic carbocycles. The minimum atomic E-state index is -0.814. The maximum absolute atomic E-state index is 11.6. The van der Waals surface area contributed by atoms with Crippen molar-refractivity contribution in [3.63, 3.8) is 0 Å². The van der Waals surface area contributed by atoms with Crippen LogP contribution in [0, 0.1) is 0 Å². The van der Waals surface area contributed by atoms with Gasteiger partial charge >= 0.3 is 5.97 Å². The summed E-state index contributed by atoms with van der Waals surface area (Å²) in [6, 6.07) is 0. The van der Waals surface area contributed by atoms with Gasteiger partial charge < -0.3 is 18.7 Å². The van der Waals surface area contributed by atoms with Crippen LogP contribution in [0.15, 0.2) is 0 Å². The molecule has 0 aliphatic carbocycles. The summed E-state index contributed by atoms with van der Waals surface area (Å²) in [5, 5.41) is 0. The van der Waals surface area contributed by atoms with Crippen LogP contribution in [0.1, 0.15) is 39.5 Å². The van der Waals surface area contributed by atoms with E-state index in [9.17, 15) is 4.79 Å². The standard InChI is InChI=1S/C15H28NO4/c1-4-18-14(17)10-15(2)19-12-13(20-15)11-16(3)8-6-5-7-9-16/h13H,4-12H2,1-3H3/q+1/t13-,15-/m0/s1. The van der Waals surface area contributed by atoms with Crippen LogP contribution in [0.25, 0.3) is 0 Å². The molecule has 2 saturated heterocycles. The maximum Gasteiger partial charge on any atom is 0.311 e. The molecule has 2 aliphatic rings. The molecule has 0 saturated carbocycles. The zero-order valence-electron chi connectivity index (χ0n) is 13.0. The van der Waals surface area contributed by atoms with Crippen molar-refractivity contribution in [2.24, 2.45) is 0 Å². The Morgan fingerprint density at radius 2 is 2.05 bits per heavy atom. The Hall–Kier alpha value is -0.650. The highest BCUT2D eigenvalue weighted by atomic mass is 16.7. The quantitative estimate of drug-likeness (QED) is 0.570. The van der Waals surface area contributed by atoms with Gasteiger partial charge in [0.05, 0.1) is 39.8 Å². The van der Waals surface area contributed by atoms with Crippen molar-refractivity contribution < 1.29 is 23.5 Å². The van der Waals surface area contributed by atoms with E-state index < -0.39 is 5.79 Å². The average molecular weight is 286 g/mol. The molecule has 0 spiro atoms. The minimum Gasteiger partial charge on any atom is -0.466 e. The van der Waals surface area contributed by atoms with Crippen molar-refractivity contribution in [3.8, 4) is 0 Å². The predicted octanol–water partition coefficient (Wildman–Crippen LogP) is 1.70. The van der Waals surface area contributed by atoms with E-state index in [4.69, 9.17) is 14.2 Å². The fourth-order valence-corrected chi connectivity index (χ4v) is 3.30. The van der Waals surface area contributed by atoms with Gasteiger partial charge in [0.2, 0.25) is 0 Å². The second-order valence-electron chi connectivity index (χ2n) is 6.48. The Morgan fingerprint density at radius 3 is 2.70 bits per heavy atom. The van der Waals surface area contributed by atoms with Gasteiger partial charge in [-0.1, -0.05) is 0 Å². The zero-order chi connectivity index (χ0) is 14.6. The number of likely N-dealkylation sites (tertiary alicyclic amines) is 1. The Balaban J connectivity index is 1.83. The lowest BCUT2D eigenvalue weighted by molar-refractivity contribution is -0.916. The van der Waals surface area contributed by atoms with Gasteiger partial charge in [0, 0.05) is 0 Å². The summed E-state index contributed by atoms with van der Waals surface area (Å²) >= 11 is 0. The highest BCUT2D eigenvalue weighted by Crippen LogP contribution is 2.29. The molecule has 0 amide bonds. The highest BCUT2D eigenvalue weighted by Gasteiger charge is 2.42. The summed E-state index contributed by atoms with van der Waals surface area (Å²) in [6.45, 7) is 8.01. The summed E-state index contributed by atoms with van der Waals surface area (Å²) in [7, 11) is 2.30. The van der Waals surface area contributed by atoms with E-state index in [2.05, 4.69) is 7.05 Å². The number of carbonyl (C=O) groups is 1. The van der Waals surface area contributed by atoms with Crippen molar-refractivity contribution in [1.82, 2.24) is 0 Å². The molecule has 0 radical (unpaired) electrons. The first-order chi connectivity index (χ1) is 9.45. The van der Waals surface area contributed by atoms with Crippen LogP contribution in [0.2, 0.25) is 0 Å². The number of carbonyl (C=O) groups excluding carboxylic acids is 1. The van der Waals surface area contributed by atoms with Gasteiger partial charge in [0.25, 0.3) is 0 Å². The summed E-state index contributed by atoms with van der Waals surface area (Å²) in [6.07, 6.45) is 4.18.